The van der Waals surface area contributed by atoms with Gasteiger partial charge in [0.05, 0.1) is 32.7 Å². The van der Waals surface area contributed by atoms with E-state index in [1.807, 2.05) is 0 Å². The molecule has 1 rings (SSSR count). The molecule has 0 amide bonds. The third-order valence-electron chi connectivity index (χ3n) is 14.2. The van der Waals surface area contributed by atoms with Crippen molar-refractivity contribution >= 4 is 11.9 Å². The number of β-amino-alcohol motifs (C(OH)–C–C–N with tert-alkyl or cyclic N) is 1. The van der Waals surface area contributed by atoms with E-state index in [1.54, 1.807) is 0 Å². The molecular formula is C56H111N3O5. The summed E-state index contributed by atoms with van der Waals surface area (Å²) in [7, 11) is 0. The standard InChI is InChI=1S/C56H111N3O5/c1-5-9-13-17-21-23-27-31-37-53(35-29-25-19-15-11-7-3)51-63-55(61)39-43-57(41-33-34-42-58-45-47-59(48-46-58)49-50-60)44-40-56(62)64-52-54(36-30-26-20-16-12-8-4)38-32-28-24-22-18-14-10-6-2/h53-54,60H,5-52H2,1-4H3. The maximum Gasteiger partial charge on any atom is 0.307 e. The van der Waals surface area contributed by atoms with E-state index in [-0.39, 0.29) is 18.5 Å². The predicted octanol–water partition coefficient (Wildman–Crippen LogP) is 14.3. The molecule has 2 unspecified atom stereocenters. The van der Waals surface area contributed by atoms with Crippen molar-refractivity contribution in [2.45, 2.75) is 259 Å². The average Bonchev–Trinajstić information content (AvgIpc) is 3.30. The van der Waals surface area contributed by atoms with Crippen molar-refractivity contribution in [1.29, 1.82) is 0 Å². The predicted molar refractivity (Wildman–Crippen MR) is 274 cm³/mol. The monoisotopic (exact) mass is 906 g/mol. The highest BCUT2D eigenvalue weighted by atomic mass is 16.5. The Morgan fingerprint density at radius 1 is 0.422 bits per heavy atom. The molecule has 0 spiro atoms. The van der Waals surface area contributed by atoms with Crippen molar-refractivity contribution in [3.8, 4) is 0 Å². The van der Waals surface area contributed by atoms with Crippen LogP contribution in [0.2, 0.25) is 0 Å². The summed E-state index contributed by atoms with van der Waals surface area (Å²) in [5.74, 6) is 0.755. The van der Waals surface area contributed by atoms with Gasteiger partial charge < -0.3 is 24.4 Å². The molecule has 1 heterocycles. The van der Waals surface area contributed by atoms with Crippen LogP contribution in [0.4, 0.5) is 0 Å². The lowest BCUT2D eigenvalue weighted by Gasteiger charge is -2.34. The maximum atomic E-state index is 13.3. The molecule has 0 aromatic rings. The van der Waals surface area contributed by atoms with Crippen molar-refractivity contribution in [2.24, 2.45) is 11.8 Å². The number of unbranched alkanes of at least 4 members (excludes halogenated alkanes) is 25. The summed E-state index contributed by atoms with van der Waals surface area (Å²) in [6, 6.07) is 0. The summed E-state index contributed by atoms with van der Waals surface area (Å²) in [5.41, 5.74) is 0. The Morgan fingerprint density at radius 3 is 1.06 bits per heavy atom. The highest BCUT2D eigenvalue weighted by Crippen LogP contribution is 2.22. The van der Waals surface area contributed by atoms with Gasteiger partial charge in [-0.05, 0) is 63.5 Å². The summed E-state index contributed by atoms with van der Waals surface area (Å²) in [5, 5.41) is 9.33. The van der Waals surface area contributed by atoms with Crippen LogP contribution in [0.15, 0.2) is 0 Å². The summed E-state index contributed by atoms with van der Waals surface area (Å²) in [6.45, 7) is 18.6. The van der Waals surface area contributed by atoms with Gasteiger partial charge in [0.1, 0.15) is 0 Å². The second-order valence-corrected chi connectivity index (χ2v) is 20.2. The summed E-state index contributed by atoms with van der Waals surface area (Å²) < 4.78 is 12.1. The molecule has 0 aromatic carbocycles. The first-order chi connectivity index (χ1) is 31.4. The van der Waals surface area contributed by atoms with Crippen molar-refractivity contribution in [2.75, 3.05) is 78.7 Å². The minimum Gasteiger partial charge on any atom is -0.465 e. The zero-order chi connectivity index (χ0) is 46.4. The Morgan fingerprint density at radius 2 is 0.734 bits per heavy atom. The Kier molecular flexibility index (Phi) is 44.5. The van der Waals surface area contributed by atoms with Crippen molar-refractivity contribution in [3.05, 3.63) is 0 Å². The molecule has 0 aromatic heterocycles. The Labute approximate surface area is 398 Å². The van der Waals surface area contributed by atoms with E-state index in [4.69, 9.17) is 9.47 Å². The van der Waals surface area contributed by atoms with Crippen LogP contribution >= 0.6 is 0 Å². The summed E-state index contributed by atoms with van der Waals surface area (Å²) in [4.78, 5) is 33.8. The molecule has 8 heteroatoms. The van der Waals surface area contributed by atoms with Gasteiger partial charge in [-0.15, -0.1) is 0 Å². The van der Waals surface area contributed by atoms with Gasteiger partial charge in [0.15, 0.2) is 0 Å². The van der Waals surface area contributed by atoms with E-state index in [9.17, 15) is 14.7 Å². The lowest BCUT2D eigenvalue weighted by molar-refractivity contribution is -0.145. The lowest BCUT2D eigenvalue weighted by atomic mass is 9.94. The van der Waals surface area contributed by atoms with Crippen molar-refractivity contribution in [1.82, 2.24) is 14.7 Å². The normalized spacial score (nSPS) is 14.7. The van der Waals surface area contributed by atoms with Gasteiger partial charge in [-0.1, -0.05) is 207 Å². The molecule has 64 heavy (non-hydrogen) atoms. The maximum absolute atomic E-state index is 13.3. The third kappa shape index (κ3) is 38.8. The van der Waals surface area contributed by atoms with Crippen LogP contribution in [0.5, 0.6) is 0 Å². The first-order valence-electron chi connectivity index (χ1n) is 28.5. The van der Waals surface area contributed by atoms with Crippen LogP contribution in [0.1, 0.15) is 259 Å². The van der Waals surface area contributed by atoms with Gasteiger partial charge in [0, 0.05) is 45.8 Å². The number of hydrogen-bond acceptors (Lipinski definition) is 8. The van der Waals surface area contributed by atoms with Crippen LogP contribution in [-0.2, 0) is 19.1 Å². The second kappa shape index (κ2) is 46.9. The highest BCUT2D eigenvalue weighted by Gasteiger charge is 2.19. The van der Waals surface area contributed by atoms with Gasteiger partial charge in [-0.25, -0.2) is 0 Å². The molecule has 1 saturated heterocycles. The molecule has 0 aliphatic carbocycles. The summed E-state index contributed by atoms with van der Waals surface area (Å²) in [6.07, 6.45) is 44.4. The molecule has 0 radical (unpaired) electrons. The number of carbonyl (C=O) groups is 2. The number of rotatable bonds is 49. The fraction of sp³-hybridized carbons (Fsp3) is 0.964. The minimum absolute atomic E-state index is 0.0873. The number of aliphatic hydroxyl groups excluding tert-OH is 1. The Bertz CT molecular complexity index is 932. The lowest BCUT2D eigenvalue weighted by Crippen LogP contribution is -2.47. The number of piperazine rings is 1. The topological polar surface area (TPSA) is 82.5 Å². The van der Waals surface area contributed by atoms with E-state index >= 15 is 0 Å². The second-order valence-electron chi connectivity index (χ2n) is 20.2. The number of carbonyl (C=O) groups excluding carboxylic acids is 2. The molecule has 1 aliphatic heterocycles. The molecule has 1 aliphatic rings. The first kappa shape index (κ1) is 60.8. The van der Waals surface area contributed by atoms with E-state index < -0.39 is 0 Å². The molecular weight excluding hydrogens is 795 g/mol. The zero-order valence-corrected chi connectivity index (χ0v) is 43.5. The van der Waals surface area contributed by atoms with E-state index in [1.165, 1.54) is 205 Å². The SMILES string of the molecule is CCCCCCCCCCC(CCCCCCCC)COC(=O)CCN(CCCCN1CCN(CCO)CC1)CCC(=O)OCC(CCCCCCCC)CCCCCCCCCC. The van der Waals surface area contributed by atoms with Crippen LogP contribution in [0.3, 0.4) is 0 Å². The fourth-order valence-corrected chi connectivity index (χ4v) is 9.63. The van der Waals surface area contributed by atoms with E-state index in [0.717, 1.165) is 58.7 Å². The Balaban J connectivity index is 2.72. The van der Waals surface area contributed by atoms with Gasteiger partial charge in [-0.3, -0.25) is 14.5 Å². The highest BCUT2D eigenvalue weighted by molar-refractivity contribution is 5.70. The first-order valence-corrected chi connectivity index (χ1v) is 28.5. The average molecular weight is 907 g/mol. The summed E-state index contributed by atoms with van der Waals surface area (Å²) >= 11 is 0. The number of hydrogen-bond donors (Lipinski definition) is 1. The zero-order valence-electron chi connectivity index (χ0n) is 43.5. The molecule has 1 N–H and O–H groups in total. The van der Waals surface area contributed by atoms with Crippen LogP contribution in [-0.4, -0.2) is 110 Å². The number of nitrogens with zero attached hydrogens (tertiary/aromatic N) is 3. The van der Waals surface area contributed by atoms with E-state index in [0.29, 0.717) is 51.0 Å². The smallest absolute Gasteiger partial charge is 0.307 e. The number of aliphatic hydroxyl groups is 1. The van der Waals surface area contributed by atoms with Crippen molar-refractivity contribution < 1.29 is 24.2 Å². The molecule has 8 nitrogen and oxygen atoms in total. The van der Waals surface area contributed by atoms with E-state index in [2.05, 4.69) is 42.4 Å². The quantitative estimate of drug-likeness (QED) is 0.0478. The third-order valence-corrected chi connectivity index (χ3v) is 14.2. The molecule has 1 fully saturated rings. The Hall–Kier alpha value is -1.22. The minimum atomic E-state index is -0.0873. The van der Waals surface area contributed by atoms with Crippen LogP contribution < -0.4 is 0 Å². The molecule has 380 valence electrons. The van der Waals surface area contributed by atoms with Crippen LogP contribution in [0.25, 0.3) is 0 Å². The van der Waals surface area contributed by atoms with Gasteiger partial charge in [-0.2, -0.15) is 0 Å². The van der Waals surface area contributed by atoms with Crippen LogP contribution in [0, 0.1) is 11.8 Å². The van der Waals surface area contributed by atoms with Gasteiger partial charge in [0.2, 0.25) is 0 Å². The van der Waals surface area contributed by atoms with Crippen molar-refractivity contribution in [3.63, 3.8) is 0 Å². The van der Waals surface area contributed by atoms with Gasteiger partial charge >= 0.3 is 11.9 Å². The molecule has 2 atom stereocenters. The number of esters is 2. The number of ether oxygens (including phenoxy) is 2. The fourth-order valence-electron chi connectivity index (χ4n) is 9.63. The molecule has 0 saturated carbocycles. The largest absolute Gasteiger partial charge is 0.465 e. The van der Waals surface area contributed by atoms with Gasteiger partial charge in [0.25, 0.3) is 0 Å². The molecule has 0 bridgehead atoms.